The summed E-state index contributed by atoms with van der Waals surface area (Å²) in [7, 11) is -9.32. The summed E-state index contributed by atoms with van der Waals surface area (Å²) in [6.45, 7) is 0. The maximum absolute atomic E-state index is 11.5. The first-order chi connectivity index (χ1) is 12.1. The fraction of sp³-hybridized carbons (Fsp3) is 0. The van der Waals surface area contributed by atoms with E-state index in [9.17, 15) is 25.9 Å². The topological polar surface area (TPSA) is 165 Å². The van der Waals surface area contributed by atoms with Crippen molar-refractivity contribution in [2.45, 2.75) is 9.79 Å². The smallest absolute Gasteiger partial charge is 0.282 e. The molecule has 0 radical (unpaired) electrons. The molecule has 2 aromatic carbocycles. The number of diazo groups is 2. The lowest BCUT2D eigenvalue weighted by molar-refractivity contribution is 0.480. The summed E-state index contributed by atoms with van der Waals surface area (Å²) in [6.07, 6.45) is 2.34. The second kappa shape index (κ2) is 6.99. The molecule has 0 spiro atoms. The molecule has 0 heterocycles. The third kappa shape index (κ3) is 4.27. The van der Waals surface area contributed by atoms with Crippen molar-refractivity contribution in [3.63, 3.8) is 0 Å². The molecule has 26 heavy (non-hydrogen) atoms. The van der Waals surface area contributed by atoms with E-state index in [2.05, 4.69) is 9.95 Å². The molecule has 0 bridgehead atoms. The van der Waals surface area contributed by atoms with Gasteiger partial charge in [-0.15, -0.1) is 0 Å². The van der Waals surface area contributed by atoms with Crippen molar-refractivity contribution in [3.8, 4) is 0 Å². The van der Waals surface area contributed by atoms with Crippen LogP contribution in [-0.4, -0.2) is 25.9 Å². The molecule has 0 saturated heterocycles. The molecule has 0 unspecified atom stereocenters. The van der Waals surface area contributed by atoms with Crippen LogP contribution in [0.5, 0.6) is 0 Å². The quantitative estimate of drug-likeness (QED) is 0.452. The predicted octanol–water partition coefficient (Wildman–Crippen LogP) is 3.32. The second-order valence-corrected chi connectivity index (χ2v) is 7.71. The van der Waals surface area contributed by atoms with Gasteiger partial charge in [-0.1, -0.05) is 12.2 Å². The zero-order chi connectivity index (χ0) is 19.5. The summed E-state index contributed by atoms with van der Waals surface area (Å²) in [4.78, 5) is 4.51. The SMILES string of the molecule is N#[N+]c1ccc(C=Cc2ccc([N+]#N)cc2S(=O)(=O)O)c(S(=O)(=O)O)c1. The van der Waals surface area contributed by atoms with Gasteiger partial charge in [-0.25, -0.2) is 0 Å². The third-order valence-corrected chi connectivity index (χ3v) is 5.04. The Bertz CT molecular complexity index is 1110. The van der Waals surface area contributed by atoms with Gasteiger partial charge in [-0.2, -0.15) is 16.8 Å². The lowest BCUT2D eigenvalue weighted by Crippen LogP contribution is -2.01. The average molecular weight is 394 g/mol. The number of rotatable bonds is 4. The molecule has 2 rings (SSSR count). The molecule has 0 amide bonds. The van der Waals surface area contributed by atoms with Crippen molar-refractivity contribution in [1.82, 2.24) is 0 Å². The van der Waals surface area contributed by atoms with Crippen LogP contribution in [0.3, 0.4) is 0 Å². The van der Waals surface area contributed by atoms with Crippen LogP contribution in [0, 0.1) is 10.8 Å². The van der Waals surface area contributed by atoms with Crippen LogP contribution in [0.15, 0.2) is 46.2 Å². The van der Waals surface area contributed by atoms with E-state index in [0.29, 0.717) is 0 Å². The molecule has 10 nitrogen and oxygen atoms in total. The van der Waals surface area contributed by atoms with Gasteiger partial charge in [0.05, 0.1) is 12.1 Å². The lowest BCUT2D eigenvalue weighted by atomic mass is 10.1. The summed E-state index contributed by atoms with van der Waals surface area (Å²) in [6, 6.07) is 6.77. The Kier molecular flexibility index (Phi) is 5.15. The van der Waals surface area contributed by atoms with Gasteiger partial charge in [0.25, 0.3) is 20.2 Å². The summed E-state index contributed by atoms with van der Waals surface area (Å²) < 4.78 is 64.4. The van der Waals surface area contributed by atoms with Gasteiger partial charge in [0, 0.05) is 12.1 Å². The second-order valence-electron chi connectivity index (χ2n) is 4.93. The Morgan fingerprint density at radius 2 is 1.08 bits per heavy atom. The minimum absolute atomic E-state index is 0.0305. The van der Waals surface area contributed by atoms with Crippen LogP contribution in [0.1, 0.15) is 11.1 Å². The van der Waals surface area contributed by atoms with Crippen molar-refractivity contribution in [2.75, 3.05) is 0 Å². The maximum atomic E-state index is 11.5. The summed E-state index contributed by atoms with van der Waals surface area (Å²) >= 11 is 0. The summed E-state index contributed by atoms with van der Waals surface area (Å²) in [5, 5.41) is 17.4. The Hall–Kier alpha value is -3.16. The van der Waals surface area contributed by atoms with Gasteiger partial charge >= 0.3 is 11.4 Å². The molecule has 12 heteroatoms. The van der Waals surface area contributed by atoms with Crippen molar-refractivity contribution in [1.29, 1.82) is 10.8 Å². The molecule has 0 aliphatic heterocycles. The molecule has 2 aromatic rings. The van der Waals surface area contributed by atoms with Gasteiger partial charge in [0.1, 0.15) is 9.79 Å². The zero-order valence-corrected chi connectivity index (χ0v) is 14.4. The number of nitrogens with zero attached hydrogens (tertiary/aromatic N) is 4. The fourth-order valence-corrected chi connectivity index (χ4v) is 3.48. The highest BCUT2D eigenvalue weighted by molar-refractivity contribution is 7.86. The lowest BCUT2D eigenvalue weighted by Gasteiger charge is -2.03. The standard InChI is InChI=1S/C14H8N4O6S2/c15-17-11-5-3-9(13(7-11)25(19,20)21)1-2-10-4-6-12(18-16)8-14(10)26(22,23)24/h1-8H/p+2. The van der Waals surface area contributed by atoms with E-state index in [1.54, 1.807) is 0 Å². The largest absolute Gasteiger partial charge is 0.386 e. The van der Waals surface area contributed by atoms with Crippen molar-refractivity contribution < 1.29 is 25.9 Å². The first kappa shape index (κ1) is 19.2. The molecule has 0 aliphatic carbocycles. The van der Waals surface area contributed by atoms with Crippen LogP contribution in [0.4, 0.5) is 11.4 Å². The zero-order valence-electron chi connectivity index (χ0n) is 12.8. The molecule has 2 N–H and O–H groups in total. The minimum atomic E-state index is -4.66. The summed E-state index contributed by atoms with van der Waals surface area (Å²) in [5.74, 6) is 0. The van der Waals surface area contributed by atoms with E-state index >= 15 is 0 Å². The Balaban J connectivity index is 2.63. The van der Waals surface area contributed by atoms with Crippen LogP contribution >= 0.6 is 0 Å². The predicted molar refractivity (Wildman–Crippen MR) is 90.9 cm³/mol. The molecule has 0 fully saturated rings. The third-order valence-electron chi connectivity index (χ3n) is 3.22. The number of hydrogen-bond acceptors (Lipinski definition) is 6. The monoisotopic (exact) mass is 394 g/mol. The van der Waals surface area contributed by atoms with E-state index < -0.39 is 30.0 Å². The van der Waals surface area contributed by atoms with E-state index in [0.717, 1.165) is 12.1 Å². The van der Waals surface area contributed by atoms with Gasteiger partial charge in [0.15, 0.2) is 9.95 Å². The molecular formula is C14H10N4O6S2+2. The van der Waals surface area contributed by atoms with E-state index in [4.69, 9.17) is 10.8 Å². The van der Waals surface area contributed by atoms with E-state index in [-0.39, 0.29) is 22.5 Å². The highest BCUT2D eigenvalue weighted by Gasteiger charge is 2.21. The average Bonchev–Trinajstić information content (AvgIpc) is 2.58. The molecule has 0 aromatic heterocycles. The Labute approximate surface area is 148 Å². The van der Waals surface area contributed by atoms with Crippen molar-refractivity contribution in [3.05, 3.63) is 57.5 Å². The van der Waals surface area contributed by atoms with Crippen molar-refractivity contribution >= 4 is 43.8 Å². The normalized spacial score (nSPS) is 11.8. The Morgan fingerprint density at radius 3 is 1.35 bits per heavy atom. The van der Waals surface area contributed by atoms with E-state index in [1.807, 2.05) is 0 Å². The summed E-state index contributed by atoms with van der Waals surface area (Å²) in [5.41, 5.74) is -0.307. The Morgan fingerprint density at radius 1 is 0.731 bits per heavy atom. The van der Waals surface area contributed by atoms with Gasteiger partial charge < -0.3 is 0 Å². The van der Waals surface area contributed by atoms with Crippen LogP contribution in [0.25, 0.3) is 22.1 Å². The maximum Gasteiger partial charge on any atom is 0.386 e. The molecule has 0 saturated carbocycles. The van der Waals surface area contributed by atoms with Gasteiger partial charge in [-0.3, -0.25) is 9.11 Å². The van der Waals surface area contributed by atoms with Crippen LogP contribution < -0.4 is 0 Å². The molecule has 0 atom stereocenters. The first-order valence-electron chi connectivity index (χ1n) is 6.67. The number of hydrogen-bond donors (Lipinski definition) is 2. The molecule has 132 valence electrons. The number of benzene rings is 2. The minimum Gasteiger partial charge on any atom is -0.282 e. The van der Waals surface area contributed by atoms with E-state index in [1.165, 1.54) is 36.4 Å². The molecular weight excluding hydrogens is 384 g/mol. The van der Waals surface area contributed by atoms with Crippen molar-refractivity contribution in [2.24, 2.45) is 0 Å². The van der Waals surface area contributed by atoms with Gasteiger partial charge in [0.2, 0.25) is 10.8 Å². The first-order valence-corrected chi connectivity index (χ1v) is 9.55. The highest BCUT2D eigenvalue weighted by atomic mass is 32.2. The molecule has 0 aliphatic rings. The van der Waals surface area contributed by atoms with Gasteiger partial charge in [-0.05, 0) is 23.3 Å². The highest BCUT2D eigenvalue weighted by Crippen LogP contribution is 2.27. The van der Waals surface area contributed by atoms with Crippen LogP contribution in [-0.2, 0) is 20.2 Å². The van der Waals surface area contributed by atoms with Crippen LogP contribution in [0.2, 0.25) is 0 Å². The fourth-order valence-electron chi connectivity index (χ4n) is 2.07.